The highest BCUT2D eigenvalue weighted by Crippen LogP contribution is 2.24. The number of unbranched alkanes of at least 4 members (excludes halogenated alkanes) is 5. The third-order valence-corrected chi connectivity index (χ3v) is 3.60. The zero-order chi connectivity index (χ0) is 12.6. The van der Waals surface area contributed by atoms with Crippen molar-refractivity contribution in [2.24, 2.45) is 0 Å². The molecule has 1 heterocycles. The van der Waals surface area contributed by atoms with E-state index >= 15 is 0 Å². The summed E-state index contributed by atoms with van der Waals surface area (Å²) in [5.74, 6) is 1.07. The van der Waals surface area contributed by atoms with Gasteiger partial charge in [0.2, 0.25) is 0 Å². The monoisotopic (exact) mass is 247 g/mol. The maximum absolute atomic E-state index is 5.76. The van der Waals surface area contributed by atoms with Crippen LogP contribution in [0.5, 0.6) is 5.75 Å². The van der Waals surface area contributed by atoms with Crippen LogP contribution in [0.2, 0.25) is 0 Å². The zero-order valence-corrected chi connectivity index (χ0v) is 11.5. The van der Waals surface area contributed by atoms with Crippen molar-refractivity contribution >= 4 is 0 Å². The minimum absolute atomic E-state index is 0.756. The number of rotatable bonds is 7. The lowest BCUT2D eigenvalue weighted by atomic mass is 10.1. The molecule has 0 N–H and O–H groups in total. The van der Waals surface area contributed by atoms with Gasteiger partial charge in [0, 0.05) is 18.7 Å². The van der Waals surface area contributed by atoms with Crippen LogP contribution in [-0.4, -0.2) is 18.2 Å². The SMILES string of the molecule is CCCCCCCCN1COc2ccccc2C1. The van der Waals surface area contributed by atoms with E-state index in [1.54, 1.807) is 0 Å². The first-order chi connectivity index (χ1) is 8.90. The second-order valence-electron chi connectivity index (χ2n) is 5.20. The van der Waals surface area contributed by atoms with E-state index in [1.165, 1.54) is 50.6 Å². The van der Waals surface area contributed by atoms with Crippen molar-refractivity contribution in [3.05, 3.63) is 29.8 Å². The van der Waals surface area contributed by atoms with Crippen LogP contribution in [0, 0.1) is 0 Å². The normalized spacial score (nSPS) is 15.2. The highest BCUT2D eigenvalue weighted by atomic mass is 16.5. The molecule has 2 heteroatoms. The predicted molar refractivity (Wildman–Crippen MR) is 75.7 cm³/mol. The van der Waals surface area contributed by atoms with Gasteiger partial charge in [-0.2, -0.15) is 0 Å². The first kappa shape index (κ1) is 13.4. The topological polar surface area (TPSA) is 12.5 Å². The Labute approximate surface area is 111 Å². The molecule has 18 heavy (non-hydrogen) atoms. The maximum atomic E-state index is 5.76. The van der Waals surface area contributed by atoms with Gasteiger partial charge in [-0.1, -0.05) is 57.2 Å². The molecule has 0 saturated carbocycles. The van der Waals surface area contributed by atoms with Crippen LogP contribution in [-0.2, 0) is 6.54 Å². The van der Waals surface area contributed by atoms with Crippen molar-refractivity contribution in [2.45, 2.75) is 52.0 Å². The van der Waals surface area contributed by atoms with E-state index in [9.17, 15) is 0 Å². The molecule has 100 valence electrons. The molecule has 1 aromatic rings. The Bertz CT molecular complexity index is 351. The van der Waals surface area contributed by atoms with Gasteiger partial charge in [-0.3, -0.25) is 4.90 Å². The molecule has 0 bridgehead atoms. The summed E-state index contributed by atoms with van der Waals surface area (Å²) in [5.41, 5.74) is 1.33. The molecule has 1 aromatic carbocycles. The average Bonchev–Trinajstić information content (AvgIpc) is 2.42. The Balaban J connectivity index is 1.64. The molecule has 2 rings (SSSR count). The van der Waals surface area contributed by atoms with Gasteiger partial charge in [0.1, 0.15) is 12.5 Å². The Morgan fingerprint density at radius 2 is 1.83 bits per heavy atom. The highest BCUT2D eigenvalue weighted by Gasteiger charge is 2.15. The van der Waals surface area contributed by atoms with Gasteiger partial charge >= 0.3 is 0 Å². The summed E-state index contributed by atoms with van der Waals surface area (Å²) in [5, 5.41) is 0. The summed E-state index contributed by atoms with van der Waals surface area (Å²) in [6.07, 6.45) is 8.17. The minimum atomic E-state index is 0.756. The smallest absolute Gasteiger partial charge is 0.142 e. The lowest BCUT2D eigenvalue weighted by molar-refractivity contribution is 0.0935. The fraction of sp³-hybridized carbons (Fsp3) is 0.625. The summed E-state index contributed by atoms with van der Waals surface area (Å²) < 4.78 is 5.76. The third-order valence-electron chi connectivity index (χ3n) is 3.60. The molecular formula is C16H25NO. The zero-order valence-electron chi connectivity index (χ0n) is 11.5. The van der Waals surface area contributed by atoms with Gasteiger partial charge in [0.15, 0.2) is 0 Å². The van der Waals surface area contributed by atoms with Crippen LogP contribution in [0.4, 0.5) is 0 Å². The fourth-order valence-electron chi connectivity index (χ4n) is 2.48. The Kier molecular flexibility index (Phi) is 5.53. The molecular weight excluding hydrogens is 222 g/mol. The molecule has 0 atom stereocenters. The van der Waals surface area contributed by atoms with Gasteiger partial charge in [-0.25, -0.2) is 0 Å². The van der Waals surface area contributed by atoms with E-state index in [0.29, 0.717) is 0 Å². The number of hydrogen-bond donors (Lipinski definition) is 0. The molecule has 0 saturated heterocycles. The molecule has 0 aliphatic carbocycles. The molecule has 1 aliphatic rings. The van der Waals surface area contributed by atoms with E-state index in [4.69, 9.17) is 4.74 Å². The molecule has 0 spiro atoms. The van der Waals surface area contributed by atoms with E-state index in [0.717, 1.165) is 19.0 Å². The summed E-state index contributed by atoms with van der Waals surface area (Å²) in [4.78, 5) is 2.40. The predicted octanol–water partition coefficient (Wildman–Crippen LogP) is 4.20. The summed E-state index contributed by atoms with van der Waals surface area (Å²) in [7, 11) is 0. The quantitative estimate of drug-likeness (QED) is 0.670. The number of hydrogen-bond acceptors (Lipinski definition) is 2. The average molecular weight is 247 g/mol. The van der Waals surface area contributed by atoms with Gasteiger partial charge in [-0.15, -0.1) is 0 Å². The van der Waals surface area contributed by atoms with Crippen molar-refractivity contribution < 1.29 is 4.74 Å². The van der Waals surface area contributed by atoms with Gasteiger partial charge in [0.05, 0.1) is 0 Å². The van der Waals surface area contributed by atoms with E-state index in [-0.39, 0.29) is 0 Å². The fourth-order valence-corrected chi connectivity index (χ4v) is 2.48. The van der Waals surface area contributed by atoms with E-state index in [1.807, 2.05) is 6.07 Å². The molecule has 0 radical (unpaired) electrons. The number of para-hydroxylation sites is 1. The Morgan fingerprint density at radius 1 is 1.06 bits per heavy atom. The third kappa shape index (κ3) is 4.02. The standard InChI is InChI=1S/C16H25NO/c1-2-3-4-5-6-9-12-17-13-15-10-7-8-11-16(15)18-14-17/h7-8,10-11H,2-6,9,12-14H2,1H3. The Hall–Kier alpha value is -1.02. The van der Waals surface area contributed by atoms with Crippen molar-refractivity contribution in [1.29, 1.82) is 0 Å². The first-order valence-electron chi connectivity index (χ1n) is 7.33. The van der Waals surface area contributed by atoms with Crippen molar-refractivity contribution in [2.75, 3.05) is 13.3 Å². The van der Waals surface area contributed by atoms with Crippen molar-refractivity contribution in [1.82, 2.24) is 4.90 Å². The Morgan fingerprint density at radius 3 is 2.72 bits per heavy atom. The van der Waals surface area contributed by atoms with E-state index in [2.05, 4.69) is 30.0 Å². The highest BCUT2D eigenvalue weighted by molar-refractivity contribution is 5.34. The summed E-state index contributed by atoms with van der Waals surface area (Å²) >= 11 is 0. The van der Waals surface area contributed by atoms with Gasteiger partial charge < -0.3 is 4.74 Å². The van der Waals surface area contributed by atoms with Crippen LogP contribution >= 0.6 is 0 Å². The number of nitrogens with zero attached hydrogens (tertiary/aromatic N) is 1. The molecule has 0 fully saturated rings. The molecule has 1 aliphatic heterocycles. The molecule has 2 nitrogen and oxygen atoms in total. The van der Waals surface area contributed by atoms with Crippen LogP contribution in [0.25, 0.3) is 0 Å². The van der Waals surface area contributed by atoms with Crippen LogP contribution in [0.3, 0.4) is 0 Å². The van der Waals surface area contributed by atoms with Crippen molar-refractivity contribution in [3.63, 3.8) is 0 Å². The molecule has 0 amide bonds. The molecule has 0 aromatic heterocycles. The lowest BCUT2D eigenvalue weighted by Crippen LogP contribution is -2.32. The van der Waals surface area contributed by atoms with Crippen molar-refractivity contribution in [3.8, 4) is 5.75 Å². The van der Waals surface area contributed by atoms with Crippen LogP contribution in [0.15, 0.2) is 24.3 Å². The van der Waals surface area contributed by atoms with Crippen LogP contribution < -0.4 is 4.74 Å². The van der Waals surface area contributed by atoms with Gasteiger partial charge in [-0.05, 0) is 12.5 Å². The first-order valence-corrected chi connectivity index (χ1v) is 7.33. The van der Waals surface area contributed by atoms with Gasteiger partial charge in [0.25, 0.3) is 0 Å². The summed E-state index contributed by atoms with van der Waals surface area (Å²) in [6.45, 7) is 5.24. The largest absolute Gasteiger partial charge is 0.478 e. The summed E-state index contributed by atoms with van der Waals surface area (Å²) in [6, 6.07) is 8.37. The lowest BCUT2D eigenvalue weighted by Gasteiger charge is -2.28. The van der Waals surface area contributed by atoms with E-state index < -0.39 is 0 Å². The number of benzene rings is 1. The minimum Gasteiger partial charge on any atom is -0.478 e. The maximum Gasteiger partial charge on any atom is 0.142 e. The second kappa shape index (κ2) is 7.42. The second-order valence-corrected chi connectivity index (χ2v) is 5.20. The number of fused-ring (bicyclic) bond motifs is 1. The van der Waals surface area contributed by atoms with Crippen LogP contribution in [0.1, 0.15) is 51.0 Å². The number of ether oxygens (including phenoxy) is 1. The molecule has 0 unspecified atom stereocenters.